The van der Waals surface area contributed by atoms with Crippen molar-refractivity contribution in [1.82, 2.24) is 19.8 Å². The van der Waals surface area contributed by atoms with Gasteiger partial charge in [-0.15, -0.1) is 0 Å². The zero-order valence-electron chi connectivity index (χ0n) is 28.0. The highest BCUT2D eigenvalue weighted by Crippen LogP contribution is 2.61. The number of rotatable bonds is 7. The molecule has 0 amide bonds. The lowest BCUT2D eigenvalue weighted by Crippen LogP contribution is -2.58. The molecule has 4 fully saturated rings. The van der Waals surface area contributed by atoms with Gasteiger partial charge in [0.15, 0.2) is 5.96 Å². The smallest absolute Gasteiger partial charge is 0.261 e. The summed E-state index contributed by atoms with van der Waals surface area (Å²) in [4.78, 5) is 26.0. The molecule has 246 valence electrons. The van der Waals surface area contributed by atoms with E-state index in [1.165, 1.54) is 18.1 Å². The second kappa shape index (κ2) is 12.9. The topological polar surface area (TPSA) is 74.6 Å². The number of fused-ring (bicyclic) bond motifs is 3. The minimum absolute atomic E-state index is 0.119. The molecule has 1 aliphatic heterocycles. The van der Waals surface area contributed by atoms with Crippen molar-refractivity contribution in [2.45, 2.75) is 72.0 Å². The van der Waals surface area contributed by atoms with Crippen LogP contribution >= 0.6 is 0 Å². The van der Waals surface area contributed by atoms with Crippen LogP contribution in [0.15, 0.2) is 82.8 Å². The highest BCUT2D eigenvalue weighted by molar-refractivity contribution is 5.96. The van der Waals surface area contributed by atoms with Crippen LogP contribution in [0.1, 0.15) is 50.3 Å². The number of aliphatic imine (C=N–C) groups is 1. The lowest BCUT2D eigenvalue weighted by atomic mass is 9.45. The third-order valence-electron chi connectivity index (χ3n) is 11.4. The van der Waals surface area contributed by atoms with Crippen molar-refractivity contribution in [3.63, 3.8) is 0 Å². The molecule has 0 radical (unpaired) electrons. The Balaban J connectivity index is 1.13. The number of nitrogens with zero attached hydrogens (tertiary/aromatic N) is 4. The highest BCUT2D eigenvalue weighted by Gasteiger charge is 2.56. The molecule has 2 bridgehead atoms. The van der Waals surface area contributed by atoms with Crippen LogP contribution in [0.4, 0.5) is 10.1 Å². The summed E-state index contributed by atoms with van der Waals surface area (Å²) in [5.74, 6) is 2.63. The Labute approximate surface area is 277 Å². The molecule has 47 heavy (non-hydrogen) atoms. The summed E-state index contributed by atoms with van der Waals surface area (Å²) in [6, 6.07) is 22.2. The number of hydrogen-bond acceptors (Lipinski definition) is 4. The number of anilines is 1. The third-order valence-corrected chi connectivity index (χ3v) is 11.4. The minimum Gasteiger partial charge on any atom is -0.340 e. The molecule has 2 heterocycles. The van der Waals surface area contributed by atoms with Crippen LogP contribution in [0.25, 0.3) is 10.9 Å². The Kier molecular flexibility index (Phi) is 8.64. The van der Waals surface area contributed by atoms with Crippen molar-refractivity contribution in [1.29, 1.82) is 0 Å². The van der Waals surface area contributed by atoms with Crippen LogP contribution in [0.5, 0.6) is 0 Å². The normalized spacial score (nSPS) is 25.4. The van der Waals surface area contributed by atoms with E-state index < -0.39 is 0 Å². The Morgan fingerprint density at radius 1 is 1.11 bits per heavy atom. The molecule has 0 unspecified atom stereocenters. The summed E-state index contributed by atoms with van der Waals surface area (Å²) in [7, 11) is 0. The number of aryl methyl sites for hydroxylation is 3. The predicted octanol–water partition coefficient (Wildman–Crippen LogP) is 6.44. The van der Waals surface area contributed by atoms with Gasteiger partial charge in [-0.3, -0.25) is 9.36 Å². The van der Waals surface area contributed by atoms with Gasteiger partial charge < -0.3 is 15.5 Å². The molecule has 3 aliphatic carbocycles. The first kappa shape index (κ1) is 31.6. The summed E-state index contributed by atoms with van der Waals surface area (Å²) in [5.41, 5.74) is 4.60. The zero-order valence-corrected chi connectivity index (χ0v) is 28.0. The van der Waals surface area contributed by atoms with E-state index >= 15 is 0 Å². The molecule has 8 rings (SSSR count). The van der Waals surface area contributed by atoms with Crippen molar-refractivity contribution in [3.05, 3.63) is 106 Å². The molecule has 5 atom stereocenters. The van der Waals surface area contributed by atoms with Crippen LogP contribution in [0.2, 0.25) is 0 Å². The lowest BCUT2D eigenvalue weighted by Gasteiger charge is -2.61. The first-order valence-corrected chi connectivity index (χ1v) is 17.3. The fraction of sp³-hybridized carbons (Fsp3) is 0.462. The van der Waals surface area contributed by atoms with Crippen LogP contribution in [-0.2, 0) is 19.4 Å². The van der Waals surface area contributed by atoms with Gasteiger partial charge in [0.05, 0.1) is 23.3 Å². The van der Waals surface area contributed by atoms with Gasteiger partial charge in [0.25, 0.3) is 5.56 Å². The molecular formula is C39H47FN6O. The number of benzene rings is 3. The van der Waals surface area contributed by atoms with Crippen LogP contribution in [0.3, 0.4) is 0 Å². The van der Waals surface area contributed by atoms with Crippen molar-refractivity contribution in [2.75, 3.05) is 25.0 Å². The summed E-state index contributed by atoms with van der Waals surface area (Å²) < 4.78 is 16.0. The summed E-state index contributed by atoms with van der Waals surface area (Å²) in [5, 5.41) is 7.97. The second-order valence-electron chi connectivity index (χ2n) is 14.7. The average molecular weight is 635 g/mol. The van der Waals surface area contributed by atoms with E-state index in [-0.39, 0.29) is 17.4 Å². The maximum absolute atomic E-state index is 14.4. The van der Waals surface area contributed by atoms with Gasteiger partial charge in [-0.25, -0.2) is 14.4 Å². The van der Waals surface area contributed by atoms with Gasteiger partial charge >= 0.3 is 0 Å². The van der Waals surface area contributed by atoms with Crippen molar-refractivity contribution in [2.24, 2.45) is 28.2 Å². The van der Waals surface area contributed by atoms with E-state index in [9.17, 15) is 9.18 Å². The summed E-state index contributed by atoms with van der Waals surface area (Å²) in [6.07, 6.45) is 5.42. The molecule has 4 aliphatic rings. The summed E-state index contributed by atoms with van der Waals surface area (Å²) in [6.45, 7) is 12.1. The first-order chi connectivity index (χ1) is 22.7. The van der Waals surface area contributed by atoms with Crippen LogP contribution < -0.4 is 16.2 Å². The van der Waals surface area contributed by atoms with Crippen LogP contribution in [0, 0.1) is 35.9 Å². The van der Waals surface area contributed by atoms with E-state index in [0.29, 0.717) is 52.7 Å². The minimum atomic E-state index is -0.237. The molecule has 2 N–H and O–H groups in total. The Morgan fingerprint density at radius 3 is 2.70 bits per heavy atom. The molecule has 8 heteroatoms. The zero-order chi connectivity index (χ0) is 32.7. The Morgan fingerprint density at radius 2 is 1.94 bits per heavy atom. The molecular weight excluding hydrogens is 587 g/mol. The number of guanidine groups is 1. The third kappa shape index (κ3) is 6.45. The lowest BCUT2D eigenvalue weighted by molar-refractivity contribution is -0.108. The van der Waals surface area contributed by atoms with E-state index in [1.807, 2.05) is 31.2 Å². The van der Waals surface area contributed by atoms with E-state index in [0.717, 1.165) is 55.6 Å². The van der Waals surface area contributed by atoms with Gasteiger partial charge in [-0.05, 0) is 96.7 Å². The maximum Gasteiger partial charge on any atom is 0.261 e. The number of hydrogen-bond donors (Lipinski definition) is 2. The summed E-state index contributed by atoms with van der Waals surface area (Å²) >= 11 is 0. The Hall–Kier alpha value is -4.04. The van der Waals surface area contributed by atoms with Gasteiger partial charge in [-0.2, -0.15) is 0 Å². The molecule has 1 aromatic heterocycles. The van der Waals surface area contributed by atoms with E-state index in [2.05, 4.69) is 71.6 Å². The molecule has 4 aromatic rings. The molecule has 1 saturated heterocycles. The number of nitrogens with one attached hydrogen (secondary N) is 2. The number of halogens is 1. The monoisotopic (exact) mass is 634 g/mol. The SMILES string of the molecule is Cc1ccc(CCn2cnc3cc(N/C(=N/[C@H]4C[C@@H]5C[C@H]([C@@H]4C)C5(C)C)N4CCN[C@@H](Cc5ccccc5)C4)ccc3c2=O)c(F)c1. The van der Waals surface area contributed by atoms with E-state index in [4.69, 9.17) is 4.99 Å². The standard InChI is InChI=1S/C39H47FN6O/c1-25-10-11-28(34(40)18-25)14-16-46-24-42-36-22-30(12-13-32(36)37(46)47)43-38(44-35-21-29-20-33(26(35)2)39(29,3)4)45-17-15-41-31(23-45)19-27-8-6-5-7-9-27/h5-13,18,22,24,26,29,31,33,35,41H,14-17,19-21,23H2,1-4H3,(H,43,44)/t26-,29-,31-,33+,35-/m0/s1. The molecule has 3 aromatic carbocycles. The van der Waals surface area contributed by atoms with Gasteiger partial charge in [0.1, 0.15) is 5.82 Å². The number of aromatic nitrogens is 2. The van der Waals surface area contributed by atoms with E-state index in [1.54, 1.807) is 17.0 Å². The second-order valence-corrected chi connectivity index (χ2v) is 14.7. The molecule has 7 nitrogen and oxygen atoms in total. The van der Waals surface area contributed by atoms with Gasteiger partial charge in [0, 0.05) is 37.9 Å². The van der Waals surface area contributed by atoms with Gasteiger partial charge in [0.2, 0.25) is 0 Å². The van der Waals surface area contributed by atoms with Gasteiger partial charge in [-0.1, -0.05) is 63.2 Å². The fourth-order valence-corrected chi connectivity index (χ4v) is 8.32. The van der Waals surface area contributed by atoms with Crippen molar-refractivity contribution >= 4 is 22.5 Å². The highest BCUT2D eigenvalue weighted by atomic mass is 19.1. The fourth-order valence-electron chi connectivity index (χ4n) is 8.32. The van der Waals surface area contributed by atoms with Crippen molar-refractivity contribution in [3.8, 4) is 0 Å². The van der Waals surface area contributed by atoms with Crippen LogP contribution in [-0.4, -0.2) is 52.1 Å². The average Bonchev–Trinajstić information content (AvgIpc) is 3.06. The first-order valence-electron chi connectivity index (χ1n) is 17.3. The number of piperazine rings is 1. The quantitative estimate of drug-likeness (QED) is 0.181. The Bertz CT molecular complexity index is 1830. The largest absolute Gasteiger partial charge is 0.340 e. The van der Waals surface area contributed by atoms with Crippen molar-refractivity contribution < 1.29 is 4.39 Å². The molecule has 0 spiro atoms. The maximum atomic E-state index is 14.4. The predicted molar refractivity (Wildman–Crippen MR) is 188 cm³/mol. The molecule has 3 saturated carbocycles.